The molecule has 0 aromatic heterocycles. The van der Waals surface area contributed by atoms with Crippen molar-refractivity contribution in [2.45, 2.75) is 31.7 Å². The number of hydrogen-bond acceptors (Lipinski definition) is 3. The molecule has 0 bridgehead atoms. The molecule has 5 nitrogen and oxygen atoms in total. The zero-order valence-electron chi connectivity index (χ0n) is 10.9. The average molecular weight is 248 g/mol. The smallest absolute Gasteiger partial charge is 0.346 e. The molecule has 0 radical (unpaired) electrons. The van der Waals surface area contributed by atoms with E-state index in [2.05, 4.69) is 22.7 Å². The number of hydrogen-bond donors (Lipinski definition) is 1. The summed E-state index contributed by atoms with van der Waals surface area (Å²) in [5.74, 6) is 2.99. The lowest BCUT2D eigenvalue weighted by molar-refractivity contribution is 0.170. The van der Waals surface area contributed by atoms with E-state index in [1.807, 2.05) is 0 Å². The van der Waals surface area contributed by atoms with Gasteiger partial charge in [-0.2, -0.15) is 4.99 Å². The van der Waals surface area contributed by atoms with E-state index >= 15 is 0 Å². The van der Waals surface area contributed by atoms with Gasteiger partial charge in [0.05, 0.1) is 6.54 Å². The van der Waals surface area contributed by atoms with Gasteiger partial charge >= 0.3 is 6.03 Å². The molecule has 1 saturated heterocycles. The Morgan fingerprint density at radius 1 is 1.50 bits per heavy atom. The number of amidine groups is 1. The summed E-state index contributed by atoms with van der Waals surface area (Å²) in [6.45, 7) is 5.44. The Bertz CT molecular complexity index is 412. The van der Waals surface area contributed by atoms with E-state index in [-0.39, 0.29) is 12.6 Å². The predicted octanol–water partition coefficient (Wildman–Crippen LogP) is 0.657. The summed E-state index contributed by atoms with van der Waals surface area (Å²) in [5, 5.41) is 0. The van der Waals surface area contributed by atoms with Gasteiger partial charge in [-0.1, -0.05) is 12.8 Å². The van der Waals surface area contributed by atoms with Crippen molar-refractivity contribution in [1.29, 1.82) is 0 Å². The van der Waals surface area contributed by atoms with Crippen LogP contribution in [-0.4, -0.2) is 53.4 Å². The number of likely N-dealkylation sites (tertiary alicyclic amines) is 1. The third-order valence-corrected chi connectivity index (χ3v) is 4.04. The summed E-state index contributed by atoms with van der Waals surface area (Å²) in [7, 11) is 0. The fourth-order valence-electron chi connectivity index (χ4n) is 2.92. The first-order valence-electron chi connectivity index (χ1n) is 6.46. The quantitative estimate of drug-likeness (QED) is 0.730. The molecule has 2 aliphatic heterocycles. The van der Waals surface area contributed by atoms with Crippen LogP contribution in [0.15, 0.2) is 4.99 Å². The highest BCUT2D eigenvalue weighted by Crippen LogP contribution is 2.33. The summed E-state index contributed by atoms with van der Waals surface area (Å²) in [6.07, 6.45) is 8.04. The lowest BCUT2D eigenvalue weighted by Gasteiger charge is -2.36. The number of nitrogens with zero attached hydrogens (tertiary/aromatic N) is 3. The van der Waals surface area contributed by atoms with Gasteiger partial charge in [-0.15, -0.1) is 6.42 Å². The molecule has 0 aliphatic carbocycles. The number of urea groups is 1. The second kappa shape index (κ2) is 4.99. The fraction of sp³-hybridized carbons (Fsp3) is 0.692. The molecular formula is C13H20N4O. The largest absolute Gasteiger partial charge is 0.385 e. The van der Waals surface area contributed by atoms with Crippen LogP contribution in [0, 0.1) is 12.3 Å². The van der Waals surface area contributed by atoms with Crippen LogP contribution in [0.3, 0.4) is 0 Å². The molecule has 0 saturated carbocycles. The number of nitrogens with two attached hydrogens (primary N) is 1. The summed E-state index contributed by atoms with van der Waals surface area (Å²) < 4.78 is 0. The predicted molar refractivity (Wildman–Crippen MR) is 71.3 cm³/mol. The monoisotopic (exact) mass is 248 g/mol. The van der Waals surface area contributed by atoms with Gasteiger partial charge in [-0.05, 0) is 32.4 Å². The van der Waals surface area contributed by atoms with Crippen molar-refractivity contribution in [3.8, 4) is 12.3 Å². The minimum absolute atomic E-state index is 0.282. The number of carbonyl (C=O) groups is 1. The van der Waals surface area contributed by atoms with Crippen LogP contribution < -0.4 is 5.73 Å². The molecule has 0 aromatic rings. The molecule has 5 heteroatoms. The van der Waals surface area contributed by atoms with Gasteiger partial charge < -0.3 is 10.6 Å². The van der Waals surface area contributed by atoms with Crippen molar-refractivity contribution >= 4 is 11.9 Å². The Hall–Kier alpha value is -1.54. The second-order valence-electron chi connectivity index (χ2n) is 4.89. The average Bonchev–Trinajstić information content (AvgIpc) is 2.55. The van der Waals surface area contributed by atoms with Crippen LogP contribution >= 0.6 is 0 Å². The Morgan fingerprint density at radius 3 is 2.94 bits per heavy atom. The molecule has 0 aromatic carbocycles. The van der Waals surface area contributed by atoms with E-state index in [0.717, 1.165) is 38.9 Å². The fourth-order valence-corrected chi connectivity index (χ4v) is 2.92. The molecule has 1 atom stereocenters. The first-order valence-corrected chi connectivity index (χ1v) is 6.46. The number of aliphatic imine (C=N–C) groups is 1. The number of carbonyl (C=O) groups excluding carboxylic acids is 1. The third-order valence-electron chi connectivity index (χ3n) is 4.04. The minimum Gasteiger partial charge on any atom is -0.385 e. The van der Waals surface area contributed by atoms with E-state index in [0.29, 0.717) is 5.84 Å². The zero-order valence-corrected chi connectivity index (χ0v) is 10.9. The lowest BCUT2D eigenvalue weighted by Crippen LogP contribution is -2.54. The zero-order chi connectivity index (χ0) is 13.2. The topological polar surface area (TPSA) is 61.9 Å². The van der Waals surface area contributed by atoms with Crippen LogP contribution in [0.2, 0.25) is 0 Å². The molecule has 18 heavy (non-hydrogen) atoms. The highest BCUT2D eigenvalue weighted by Gasteiger charge is 2.48. The Balaban J connectivity index is 2.24. The van der Waals surface area contributed by atoms with Crippen LogP contribution in [0.4, 0.5) is 4.79 Å². The lowest BCUT2D eigenvalue weighted by atomic mass is 9.88. The Morgan fingerprint density at radius 2 is 2.28 bits per heavy atom. The van der Waals surface area contributed by atoms with E-state index in [1.54, 1.807) is 4.90 Å². The highest BCUT2D eigenvalue weighted by atomic mass is 16.2. The van der Waals surface area contributed by atoms with Gasteiger partial charge in [0.2, 0.25) is 0 Å². The molecule has 98 valence electrons. The molecule has 1 fully saturated rings. The maximum Gasteiger partial charge on any atom is 0.346 e. The first-order chi connectivity index (χ1) is 8.64. The van der Waals surface area contributed by atoms with Gasteiger partial charge in [0.15, 0.2) is 0 Å². The summed E-state index contributed by atoms with van der Waals surface area (Å²) in [5.41, 5.74) is 5.58. The van der Waals surface area contributed by atoms with E-state index in [9.17, 15) is 4.79 Å². The van der Waals surface area contributed by atoms with Crippen molar-refractivity contribution < 1.29 is 4.79 Å². The van der Waals surface area contributed by atoms with Gasteiger partial charge in [0.1, 0.15) is 11.4 Å². The third kappa shape index (κ3) is 1.97. The number of rotatable bonds is 2. The normalized spacial score (nSPS) is 29.2. The molecule has 2 amide bonds. The van der Waals surface area contributed by atoms with Crippen molar-refractivity contribution in [1.82, 2.24) is 9.80 Å². The van der Waals surface area contributed by atoms with Crippen molar-refractivity contribution in [3.05, 3.63) is 0 Å². The molecule has 1 spiro atoms. The molecule has 2 heterocycles. The molecular weight excluding hydrogens is 228 g/mol. The highest BCUT2D eigenvalue weighted by molar-refractivity contribution is 6.05. The molecule has 2 aliphatic rings. The van der Waals surface area contributed by atoms with E-state index in [1.165, 1.54) is 0 Å². The van der Waals surface area contributed by atoms with Gasteiger partial charge in [0.25, 0.3) is 0 Å². The SMILES string of the molecule is C#CCN1C(=O)N=C(N)C12CCCN(CC)CC2. The summed E-state index contributed by atoms with van der Waals surface area (Å²) in [6, 6.07) is -0.282. The Kier molecular flexibility index (Phi) is 3.58. The minimum atomic E-state index is -0.437. The molecule has 2 N–H and O–H groups in total. The van der Waals surface area contributed by atoms with Gasteiger partial charge in [-0.25, -0.2) is 4.79 Å². The number of amides is 2. The molecule has 1 unspecified atom stereocenters. The van der Waals surface area contributed by atoms with Crippen LogP contribution in [-0.2, 0) is 0 Å². The van der Waals surface area contributed by atoms with Crippen LogP contribution in [0.5, 0.6) is 0 Å². The maximum atomic E-state index is 11.9. The first kappa shape index (κ1) is 12.9. The standard InChI is InChI=1S/C13H20N4O/c1-3-8-17-12(18)15-11(14)13(17)6-5-9-16(4-2)10-7-13/h1H,4-10H2,2H3,(H2,14,15,18). The van der Waals surface area contributed by atoms with Crippen molar-refractivity contribution in [2.24, 2.45) is 10.7 Å². The summed E-state index contributed by atoms with van der Waals surface area (Å²) >= 11 is 0. The van der Waals surface area contributed by atoms with Crippen LogP contribution in [0.25, 0.3) is 0 Å². The van der Waals surface area contributed by atoms with E-state index in [4.69, 9.17) is 12.2 Å². The number of terminal acetylenes is 1. The van der Waals surface area contributed by atoms with Crippen molar-refractivity contribution in [3.63, 3.8) is 0 Å². The maximum absolute atomic E-state index is 11.9. The molecule has 2 rings (SSSR count). The van der Waals surface area contributed by atoms with Crippen molar-refractivity contribution in [2.75, 3.05) is 26.2 Å². The van der Waals surface area contributed by atoms with Crippen LogP contribution in [0.1, 0.15) is 26.2 Å². The van der Waals surface area contributed by atoms with Gasteiger partial charge in [0, 0.05) is 6.54 Å². The van der Waals surface area contributed by atoms with Gasteiger partial charge in [-0.3, -0.25) is 4.90 Å². The second-order valence-corrected chi connectivity index (χ2v) is 4.89. The van der Waals surface area contributed by atoms with E-state index < -0.39 is 5.54 Å². The summed E-state index contributed by atoms with van der Waals surface area (Å²) in [4.78, 5) is 19.8. The Labute approximate surface area is 108 Å².